The van der Waals surface area contributed by atoms with Gasteiger partial charge >= 0.3 is 6.18 Å². The van der Waals surface area contributed by atoms with Crippen molar-refractivity contribution >= 4 is 5.91 Å². The van der Waals surface area contributed by atoms with Crippen molar-refractivity contribution in [1.29, 1.82) is 5.26 Å². The first kappa shape index (κ1) is 17.1. The molecule has 2 rings (SSSR count). The van der Waals surface area contributed by atoms with E-state index < -0.39 is 30.1 Å². The maximum atomic E-state index is 13.3. The lowest BCUT2D eigenvalue weighted by atomic mass is 9.88. The number of fused-ring (bicyclic) bond motifs is 1. The maximum Gasteiger partial charge on any atom is 0.426 e. The number of alkyl halides is 3. The smallest absolute Gasteiger partial charge is 0.426 e. The molecule has 0 saturated carbocycles. The highest BCUT2D eigenvalue weighted by Gasteiger charge is 2.52. The van der Waals surface area contributed by atoms with E-state index in [9.17, 15) is 18.0 Å². The molecule has 3 atom stereocenters. The van der Waals surface area contributed by atoms with Crippen LogP contribution in [-0.2, 0) is 11.2 Å². The van der Waals surface area contributed by atoms with E-state index in [4.69, 9.17) is 10.00 Å². The fourth-order valence-electron chi connectivity index (χ4n) is 2.77. The molecule has 0 N–H and O–H groups in total. The van der Waals surface area contributed by atoms with Crippen molar-refractivity contribution in [1.82, 2.24) is 4.90 Å². The van der Waals surface area contributed by atoms with Crippen molar-refractivity contribution in [3.05, 3.63) is 29.8 Å². The Morgan fingerprint density at radius 2 is 2.13 bits per heavy atom. The molecule has 1 aromatic rings. The maximum absolute atomic E-state index is 13.3. The monoisotopic (exact) mass is 326 g/mol. The predicted octanol–water partition coefficient (Wildman–Crippen LogP) is 2.93. The molecule has 23 heavy (non-hydrogen) atoms. The first-order valence-electron chi connectivity index (χ1n) is 7.31. The molecule has 1 aliphatic rings. The van der Waals surface area contributed by atoms with Gasteiger partial charge in [0, 0.05) is 6.54 Å². The van der Waals surface area contributed by atoms with Crippen molar-refractivity contribution < 1.29 is 22.7 Å². The van der Waals surface area contributed by atoms with Crippen LogP contribution in [0.3, 0.4) is 0 Å². The summed E-state index contributed by atoms with van der Waals surface area (Å²) in [5.74, 6) is -1.95. The van der Waals surface area contributed by atoms with Crippen molar-refractivity contribution in [2.45, 2.75) is 38.6 Å². The Bertz CT molecular complexity index is 624. The number of halogens is 3. The van der Waals surface area contributed by atoms with Crippen molar-refractivity contribution in [2.24, 2.45) is 5.92 Å². The average Bonchev–Trinajstić information content (AvgIpc) is 2.53. The minimum atomic E-state index is -4.66. The molecule has 1 aromatic carbocycles. The van der Waals surface area contributed by atoms with Crippen LogP contribution < -0.4 is 4.74 Å². The van der Waals surface area contributed by atoms with Crippen LogP contribution in [-0.4, -0.2) is 35.7 Å². The molecule has 0 bridgehead atoms. The van der Waals surface area contributed by atoms with Crippen LogP contribution in [0.2, 0.25) is 0 Å². The first-order chi connectivity index (χ1) is 10.8. The van der Waals surface area contributed by atoms with Crippen LogP contribution in [0.15, 0.2) is 24.3 Å². The molecule has 1 heterocycles. The number of para-hydroxylation sites is 1. The van der Waals surface area contributed by atoms with Gasteiger partial charge in [-0.1, -0.05) is 18.2 Å². The van der Waals surface area contributed by atoms with Crippen molar-refractivity contribution in [3.63, 3.8) is 0 Å². The molecular weight excluding hydrogens is 309 g/mol. The molecule has 124 valence electrons. The van der Waals surface area contributed by atoms with E-state index in [-0.39, 0.29) is 18.7 Å². The van der Waals surface area contributed by atoms with Gasteiger partial charge in [-0.05, 0) is 31.9 Å². The molecule has 0 aromatic heterocycles. The normalized spacial score (nSPS) is 21.6. The lowest BCUT2D eigenvalue weighted by molar-refractivity contribution is -0.216. The number of hydrogen-bond donors (Lipinski definition) is 0. The SMILES string of the molecule is CCN(C(=O)[C@@H]1Cc2ccccc2O[C@H]1C(F)(F)F)C(C)C#N. The third kappa shape index (κ3) is 3.41. The highest BCUT2D eigenvalue weighted by molar-refractivity contribution is 5.81. The molecule has 0 spiro atoms. The number of hydrogen-bond acceptors (Lipinski definition) is 3. The van der Waals surface area contributed by atoms with Crippen LogP contribution in [0.5, 0.6) is 5.75 Å². The summed E-state index contributed by atoms with van der Waals surface area (Å²) in [6.45, 7) is 3.28. The van der Waals surface area contributed by atoms with Crippen molar-refractivity contribution in [2.75, 3.05) is 6.54 Å². The molecular formula is C16H17F3N2O2. The standard InChI is InChI=1S/C16H17F3N2O2/c1-3-21(10(2)9-20)15(22)12-8-11-6-4-5-7-13(11)23-14(12)16(17,18)19/h4-7,10,12,14H,3,8H2,1-2H3/t10?,12-,14-/m1/s1. The number of benzene rings is 1. The van der Waals surface area contributed by atoms with Crippen LogP contribution in [0.25, 0.3) is 0 Å². The van der Waals surface area contributed by atoms with Gasteiger partial charge in [-0.25, -0.2) is 0 Å². The van der Waals surface area contributed by atoms with E-state index in [0.29, 0.717) is 5.56 Å². The van der Waals surface area contributed by atoms with Crippen LogP contribution in [0, 0.1) is 17.2 Å². The third-order valence-electron chi connectivity index (χ3n) is 3.95. The van der Waals surface area contributed by atoms with E-state index in [1.165, 1.54) is 13.0 Å². The number of carbonyl (C=O) groups excluding carboxylic acids is 1. The minimum Gasteiger partial charge on any atom is -0.480 e. The van der Waals surface area contributed by atoms with Gasteiger partial charge in [-0.3, -0.25) is 4.79 Å². The minimum absolute atomic E-state index is 0.0617. The summed E-state index contributed by atoms with van der Waals surface area (Å²) in [5.41, 5.74) is 0.562. The Hall–Kier alpha value is -2.23. The zero-order valence-electron chi connectivity index (χ0n) is 12.8. The molecule has 0 radical (unpaired) electrons. The van der Waals surface area contributed by atoms with Crippen LogP contribution in [0.1, 0.15) is 19.4 Å². The number of amides is 1. The van der Waals surface area contributed by atoms with Crippen LogP contribution in [0.4, 0.5) is 13.2 Å². The molecule has 7 heteroatoms. The summed E-state index contributed by atoms with van der Waals surface area (Å²) in [5, 5.41) is 8.97. The fraction of sp³-hybridized carbons (Fsp3) is 0.500. The van der Waals surface area contributed by atoms with Gasteiger partial charge in [-0.2, -0.15) is 18.4 Å². The number of nitrogens with zero attached hydrogens (tertiary/aromatic N) is 2. The Morgan fingerprint density at radius 3 is 2.70 bits per heavy atom. The van der Waals surface area contributed by atoms with E-state index >= 15 is 0 Å². The van der Waals surface area contributed by atoms with Gasteiger partial charge < -0.3 is 9.64 Å². The number of rotatable bonds is 3. The fourth-order valence-corrected chi connectivity index (χ4v) is 2.77. The summed E-state index contributed by atoms with van der Waals surface area (Å²) in [7, 11) is 0. The number of ether oxygens (including phenoxy) is 1. The number of nitriles is 1. The topological polar surface area (TPSA) is 53.3 Å². The Morgan fingerprint density at radius 1 is 1.48 bits per heavy atom. The van der Waals surface area contributed by atoms with E-state index in [1.54, 1.807) is 25.1 Å². The Labute approximate surface area is 132 Å². The average molecular weight is 326 g/mol. The van der Waals surface area contributed by atoms with Gasteiger partial charge in [0.15, 0.2) is 0 Å². The van der Waals surface area contributed by atoms with E-state index in [1.807, 2.05) is 6.07 Å². The first-order valence-corrected chi connectivity index (χ1v) is 7.31. The van der Waals surface area contributed by atoms with Crippen LogP contribution >= 0.6 is 0 Å². The molecule has 1 aliphatic heterocycles. The Balaban J connectivity index is 2.38. The zero-order valence-corrected chi connectivity index (χ0v) is 12.8. The van der Waals surface area contributed by atoms with E-state index in [0.717, 1.165) is 4.90 Å². The second-order valence-corrected chi connectivity index (χ2v) is 5.43. The third-order valence-corrected chi connectivity index (χ3v) is 3.95. The summed E-state index contributed by atoms with van der Waals surface area (Å²) in [6.07, 6.45) is -6.93. The molecule has 1 unspecified atom stereocenters. The summed E-state index contributed by atoms with van der Waals surface area (Å²) >= 11 is 0. The molecule has 0 fully saturated rings. The molecule has 4 nitrogen and oxygen atoms in total. The highest BCUT2D eigenvalue weighted by atomic mass is 19.4. The van der Waals surface area contributed by atoms with Gasteiger partial charge in [0.2, 0.25) is 12.0 Å². The molecule has 0 aliphatic carbocycles. The van der Waals surface area contributed by atoms with Gasteiger partial charge in [-0.15, -0.1) is 0 Å². The summed E-state index contributed by atoms with van der Waals surface area (Å²) in [6, 6.07) is 7.48. The second-order valence-electron chi connectivity index (χ2n) is 5.43. The highest BCUT2D eigenvalue weighted by Crippen LogP contribution is 2.39. The van der Waals surface area contributed by atoms with Gasteiger partial charge in [0.05, 0.1) is 12.0 Å². The lowest BCUT2D eigenvalue weighted by Gasteiger charge is -2.37. The van der Waals surface area contributed by atoms with Crippen molar-refractivity contribution in [3.8, 4) is 11.8 Å². The van der Waals surface area contributed by atoms with E-state index in [2.05, 4.69) is 0 Å². The summed E-state index contributed by atoms with van der Waals surface area (Å²) < 4.78 is 45.1. The Kier molecular flexibility index (Phi) is 4.83. The zero-order chi connectivity index (χ0) is 17.2. The predicted molar refractivity (Wildman–Crippen MR) is 76.6 cm³/mol. The molecule has 1 amide bonds. The molecule has 0 saturated heterocycles. The van der Waals surface area contributed by atoms with Gasteiger partial charge in [0.25, 0.3) is 0 Å². The lowest BCUT2D eigenvalue weighted by Crippen LogP contribution is -2.53. The largest absolute Gasteiger partial charge is 0.480 e. The van der Waals surface area contributed by atoms with Gasteiger partial charge in [0.1, 0.15) is 11.8 Å². The second kappa shape index (κ2) is 6.49. The number of carbonyl (C=O) groups is 1. The quantitative estimate of drug-likeness (QED) is 0.858. The summed E-state index contributed by atoms with van der Waals surface area (Å²) in [4.78, 5) is 13.7.